The second-order valence-electron chi connectivity index (χ2n) is 8.00. The third kappa shape index (κ3) is 4.89. The second-order valence-corrected chi connectivity index (χ2v) is 8.94. The molecule has 1 amide bonds. The third-order valence-corrected chi connectivity index (χ3v) is 6.53. The molecule has 11 heteroatoms. The zero-order chi connectivity index (χ0) is 25.9. The maximum Gasteiger partial charge on any atom is 0.283 e. The topological polar surface area (TPSA) is 132 Å². The Bertz CT molecular complexity index is 1680. The molecule has 37 heavy (non-hydrogen) atoms. The van der Waals surface area contributed by atoms with Crippen LogP contribution in [0.15, 0.2) is 82.7 Å². The molecule has 5 rings (SSSR count). The standard InChI is InChI=1S/C26H21N5O5S/c1-2-36-19-13-7-16(8-14-19)27-22(32)15-37-26-29-23-20-5-3-4-6-21(20)28-24(23)25(33)30(26)17-9-11-18(12-10-17)31(34)35/h3-14,28H,2,15H2,1H3,(H,27,32). The van der Waals surface area contributed by atoms with Crippen LogP contribution >= 0.6 is 11.8 Å². The molecule has 186 valence electrons. The summed E-state index contributed by atoms with van der Waals surface area (Å²) in [5.41, 5.74) is 2.11. The van der Waals surface area contributed by atoms with E-state index in [4.69, 9.17) is 9.72 Å². The molecule has 3 aromatic carbocycles. The van der Waals surface area contributed by atoms with Crippen LogP contribution in [0.25, 0.3) is 27.6 Å². The van der Waals surface area contributed by atoms with E-state index in [1.54, 1.807) is 24.3 Å². The first kappa shape index (κ1) is 24.1. The first-order valence-electron chi connectivity index (χ1n) is 11.4. The third-order valence-electron chi connectivity index (χ3n) is 5.59. The van der Waals surface area contributed by atoms with Crippen molar-refractivity contribution in [1.82, 2.24) is 14.5 Å². The maximum atomic E-state index is 13.6. The second kappa shape index (κ2) is 10.2. The Kier molecular flexibility index (Phi) is 6.60. The smallest absolute Gasteiger partial charge is 0.283 e. The van der Waals surface area contributed by atoms with Crippen molar-refractivity contribution in [2.75, 3.05) is 17.7 Å². The number of H-pyrrole nitrogens is 1. The van der Waals surface area contributed by atoms with Crippen LogP contribution in [-0.2, 0) is 4.79 Å². The molecular weight excluding hydrogens is 494 g/mol. The number of amides is 1. The van der Waals surface area contributed by atoms with Crippen molar-refractivity contribution in [1.29, 1.82) is 0 Å². The quantitative estimate of drug-likeness (QED) is 0.130. The maximum absolute atomic E-state index is 13.6. The fourth-order valence-corrected chi connectivity index (χ4v) is 4.72. The van der Waals surface area contributed by atoms with Crippen LogP contribution in [0, 0.1) is 10.1 Å². The SMILES string of the molecule is CCOc1ccc(NC(=O)CSc2nc3c([nH]c4ccccc43)c(=O)n2-c2ccc([N+](=O)[O-])cc2)cc1. The predicted octanol–water partition coefficient (Wildman–Crippen LogP) is 4.90. The molecule has 10 nitrogen and oxygen atoms in total. The summed E-state index contributed by atoms with van der Waals surface area (Å²) < 4.78 is 6.78. The van der Waals surface area contributed by atoms with E-state index in [1.807, 2.05) is 31.2 Å². The van der Waals surface area contributed by atoms with Crippen LogP contribution < -0.4 is 15.6 Å². The highest BCUT2D eigenvalue weighted by molar-refractivity contribution is 7.99. The van der Waals surface area contributed by atoms with Gasteiger partial charge in [-0.3, -0.25) is 24.3 Å². The van der Waals surface area contributed by atoms with Gasteiger partial charge in [-0.05, 0) is 49.4 Å². The number of nitrogens with zero attached hydrogens (tertiary/aromatic N) is 3. The van der Waals surface area contributed by atoms with Gasteiger partial charge < -0.3 is 15.0 Å². The zero-order valence-electron chi connectivity index (χ0n) is 19.6. The van der Waals surface area contributed by atoms with E-state index in [1.165, 1.54) is 28.8 Å². The predicted molar refractivity (Wildman–Crippen MR) is 143 cm³/mol. The van der Waals surface area contributed by atoms with Crippen molar-refractivity contribution in [2.45, 2.75) is 12.1 Å². The Morgan fingerprint density at radius 1 is 1.11 bits per heavy atom. The molecule has 0 fully saturated rings. The van der Waals surface area contributed by atoms with Crippen LogP contribution in [0.4, 0.5) is 11.4 Å². The molecule has 0 saturated carbocycles. The number of nitro groups is 1. The minimum Gasteiger partial charge on any atom is -0.494 e. The first-order chi connectivity index (χ1) is 17.9. The molecule has 0 aliphatic rings. The number of fused-ring (bicyclic) bond motifs is 3. The number of hydrogen-bond acceptors (Lipinski definition) is 7. The van der Waals surface area contributed by atoms with Gasteiger partial charge in [0.05, 0.1) is 23.0 Å². The van der Waals surface area contributed by atoms with E-state index in [0.29, 0.717) is 34.8 Å². The van der Waals surface area contributed by atoms with Crippen molar-refractivity contribution >= 4 is 51.0 Å². The number of ether oxygens (including phenoxy) is 1. The van der Waals surface area contributed by atoms with Gasteiger partial charge >= 0.3 is 0 Å². The van der Waals surface area contributed by atoms with Gasteiger partial charge in [0.2, 0.25) is 5.91 Å². The molecule has 0 radical (unpaired) electrons. The summed E-state index contributed by atoms with van der Waals surface area (Å²) >= 11 is 1.10. The summed E-state index contributed by atoms with van der Waals surface area (Å²) in [7, 11) is 0. The molecule has 2 heterocycles. The number of carbonyl (C=O) groups is 1. The summed E-state index contributed by atoms with van der Waals surface area (Å²) in [6.45, 7) is 2.44. The molecule has 2 N–H and O–H groups in total. The molecule has 0 spiro atoms. The first-order valence-corrected chi connectivity index (χ1v) is 12.4. The van der Waals surface area contributed by atoms with Crippen LogP contribution in [-0.4, -0.2) is 37.7 Å². The number of rotatable bonds is 8. The van der Waals surface area contributed by atoms with Gasteiger partial charge in [0.15, 0.2) is 5.16 Å². The number of carbonyl (C=O) groups excluding carboxylic acids is 1. The summed E-state index contributed by atoms with van der Waals surface area (Å²) in [6, 6.07) is 20.1. The average Bonchev–Trinajstić information content (AvgIpc) is 3.28. The minimum absolute atomic E-state index is 0.0134. The van der Waals surface area contributed by atoms with Gasteiger partial charge in [-0.15, -0.1) is 0 Å². The van der Waals surface area contributed by atoms with Gasteiger partial charge in [-0.2, -0.15) is 0 Å². The van der Waals surface area contributed by atoms with Crippen molar-refractivity contribution in [3.05, 3.63) is 93.3 Å². The normalized spacial score (nSPS) is 11.1. The lowest BCUT2D eigenvalue weighted by atomic mass is 10.2. The van der Waals surface area contributed by atoms with E-state index in [0.717, 1.165) is 22.7 Å². The van der Waals surface area contributed by atoms with Crippen molar-refractivity contribution in [2.24, 2.45) is 0 Å². The largest absolute Gasteiger partial charge is 0.494 e. The Balaban J connectivity index is 1.49. The number of anilines is 1. The van der Waals surface area contributed by atoms with Gasteiger partial charge in [0.1, 0.15) is 16.8 Å². The Morgan fingerprint density at radius 2 is 1.84 bits per heavy atom. The van der Waals surface area contributed by atoms with E-state index in [2.05, 4.69) is 10.3 Å². The lowest BCUT2D eigenvalue weighted by Gasteiger charge is -2.12. The molecule has 0 saturated heterocycles. The lowest BCUT2D eigenvalue weighted by molar-refractivity contribution is -0.384. The molecule has 5 aromatic rings. The van der Waals surface area contributed by atoms with E-state index >= 15 is 0 Å². The number of aromatic amines is 1. The van der Waals surface area contributed by atoms with Gasteiger partial charge in [-0.1, -0.05) is 30.0 Å². The summed E-state index contributed by atoms with van der Waals surface area (Å²) in [6.07, 6.45) is 0. The number of aromatic nitrogens is 3. The van der Waals surface area contributed by atoms with Gasteiger partial charge in [0.25, 0.3) is 11.2 Å². The highest BCUT2D eigenvalue weighted by atomic mass is 32.2. The number of thioether (sulfide) groups is 1. The van der Waals surface area contributed by atoms with E-state index in [-0.39, 0.29) is 28.1 Å². The van der Waals surface area contributed by atoms with Crippen molar-refractivity contribution in [3.8, 4) is 11.4 Å². The molecule has 0 bridgehead atoms. The van der Waals surface area contributed by atoms with Gasteiger partial charge in [-0.25, -0.2) is 4.98 Å². The Hall–Kier alpha value is -4.64. The molecule has 0 aliphatic carbocycles. The molecule has 2 aromatic heterocycles. The van der Waals surface area contributed by atoms with Crippen molar-refractivity contribution in [3.63, 3.8) is 0 Å². The number of nitro benzene ring substituents is 1. The molecule has 0 unspecified atom stereocenters. The number of nitrogens with one attached hydrogen (secondary N) is 2. The monoisotopic (exact) mass is 515 g/mol. The van der Waals surface area contributed by atoms with Crippen LogP contribution in [0.1, 0.15) is 6.92 Å². The summed E-state index contributed by atoms with van der Waals surface area (Å²) in [4.78, 5) is 44.8. The summed E-state index contributed by atoms with van der Waals surface area (Å²) in [5, 5.41) is 15.0. The summed E-state index contributed by atoms with van der Waals surface area (Å²) in [5.74, 6) is 0.413. The average molecular weight is 516 g/mol. The number of non-ortho nitro benzene ring substituents is 1. The number of benzene rings is 3. The number of para-hydroxylation sites is 1. The molecule has 0 atom stereocenters. The molecular formula is C26H21N5O5S. The van der Waals surface area contributed by atoms with Crippen LogP contribution in [0.3, 0.4) is 0 Å². The molecule has 0 aliphatic heterocycles. The highest BCUT2D eigenvalue weighted by Crippen LogP contribution is 2.27. The minimum atomic E-state index is -0.507. The lowest BCUT2D eigenvalue weighted by Crippen LogP contribution is -2.23. The Labute approximate surface area is 214 Å². The van der Waals surface area contributed by atoms with Crippen LogP contribution in [0.5, 0.6) is 5.75 Å². The van der Waals surface area contributed by atoms with Gasteiger partial charge in [0, 0.05) is 28.7 Å². The Morgan fingerprint density at radius 3 is 2.54 bits per heavy atom. The fourth-order valence-electron chi connectivity index (χ4n) is 3.92. The van der Waals surface area contributed by atoms with E-state index < -0.39 is 4.92 Å². The zero-order valence-corrected chi connectivity index (χ0v) is 20.5. The number of hydrogen-bond donors (Lipinski definition) is 2. The van der Waals surface area contributed by atoms with Crippen molar-refractivity contribution < 1.29 is 14.5 Å². The van der Waals surface area contributed by atoms with Crippen LogP contribution in [0.2, 0.25) is 0 Å². The van der Waals surface area contributed by atoms with E-state index in [9.17, 15) is 19.7 Å². The fraction of sp³-hybridized carbons (Fsp3) is 0.115. The highest BCUT2D eigenvalue weighted by Gasteiger charge is 2.19.